The molecule has 0 aliphatic carbocycles. The molecule has 0 saturated carbocycles. The monoisotopic (exact) mass is 528 g/mol. The molecule has 0 aliphatic heterocycles. The molecule has 0 fully saturated rings. The lowest BCUT2D eigenvalue weighted by atomic mass is 10.1. The number of nitrogens with one attached hydrogen (secondary N) is 3. The quantitative estimate of drug-likeness (QED) is 0.180. The summed E-state index contributed by atoms with van der Waals surface area (Å²) in [5.74, 6) is 1.54. The van der Waals surface area contributed by atoms with E-state index in [0.29, 0.717) is 32.0 Å². The zero-order valence-electron chi connectivity index (χ0n) is 22.8. The van der Waals surface area contributed by atoms with Gasteiger partial charge in [-0.05, 0) is 61.4 Å². The number of rotatable bonds is 14. The van der Waals surface area contributed by atoms with Gasteiger partial charge in [0.2, 0.25) is 5.91 Å². The van der Waals surface area contributed by atoms with Crippen LogP contribution in [0.4, 0.5) is 17.2 Å². The highest BCUT2D eigenvalue weighted by atomic mass is 16.5. The number of hydrogen-bond donors (Lipinski definition) is 3. The van der Waals surface area contributed by atoms with E-state index in [-0.39, 0.29) is 5.91 Å². The zero-order valence-corrected chi connectivity index (χ0v) is 22.8. The van der Waals surface area contributed by atoms with Crippen molar-refractivity contribution in [2.45, 2.75) is 33.1 Å². The highest BCUT2D eigenvalue weighted by Crippen LogP contribution is 2.28. The van der Waals surface area contributed by atoms with Gasteiger partial charge in [-0.15, -0.1) is 0 Å². The van der Waals surface area contributed by atoms with E-state index < -0.39 is 0 Å². The van der Waals surface area contributed by atoms with Crippen LogP contribution in [-0.4, -0.2) is 47.1 Å². The summed E-state index contributed by atoms with van der Waals surface area (Å²) in [6.45, 7) is 9.44. The van der Waals surface area contributed by atoms with Crippen molar-refractivity contribution in [3.63, 3.8) is 0 Å². The third-order valence-electron chi connectivity index (χ3n) is 6.22. The van der Waals surface area contributed by atoms with Crippen LogP contribution in [0.1, 0.15) is 31.7 Å². The summed E-state index contributed by atoms with van der Waals surface area (Å²) in [6.07, 6.45) is 7.98. The molecule has 0 atom stereocenters. The van der Waals surface area contributed by atoms with Crippen molar-refractivity contribution in [1.82, 2.24) is 19.7 Å². The van der Waals surface area contributed by atoms with Crippen LogP contribution in [0, 0.1) is 6.92 Å². The van der Waals surface area contributed by atoms with Crippen molar-refractivity contribution in [1.29, 1.82) is 0 Å². The summed E-state index contributed by atoms with van der Waals surface area (Å²) in [6, 6.07) is 13.9. The van der Waals surface area contributed by atoms with Crippen LogP contribution >= 0.6 is 0 Å². The van der Waals surface area contributed by atoms with E-state index in [9.17, 15) is 4.79 Å². The first kappa shape index (κ1) is 27.7. The van der Waals surface area contributed by atoms with Crippen molar-refractivity contribution >= 4 is 28.7 Å². The maximum absolute atomic E-state index is 11.7. The topological polar surface area (TPSA) is 102 Å². The molecular formula is C30H36N6O3. The van der Waals surface area contributed by atoms with Crippen LogP contribution in [0.5, 0.6) is 5.75 Å². The standard InChI is InChI=1S/C30H36N6O3/c1-5-6-7-28(37)31-15-17-39-20-22(3)34-26-13-10-24(18-21(26)2)35-29-30-33-19-27(36(30)16-14-32-29)23-8-11-25(38-4)12-9-23/h8-14,16,18-19,34H,3,5-7,15,17,20H2,1-2,4H3,(H,31,37)(H,32,35). The first-order valence-corrected chi connectivity index (χ1v) is 13.1. The summed E-state index contributed by atoms with van der Waals surface area (Å²) in [5, 5.41) is 9.57. The number of nitrogens with zero attached hydrogens (tertiary/aromatic N) is 3. The minimum Gasteiger partial charge on any atom is -0.497 e. The number of hydrogen-bond acceptors (Lipinski definition) is 7. The van der Waals surface area contributed by atoms with Crippen molar-refractivity contribution in [2.75, 3.05) is 37.5 Å². The van der Waals surface area contributed by atoms with E-state index in [1.165, 1.54) is 0 Å². The zero-order chi connectivity index (χ0) is 27.6. The van der Waals surface area contributed by atoms with Gasteiger partial charge in [-0.25, -0.2) is 9.97 Å². The van der Waals surface area contributed by atoms with Crippen molar-refractivity contribution in [3.8, 4) is 17.0 Å². The number of aryl methyl sites for hydroxylation is 1. The fourth-order valence-corrected chi connectivity index (χ4v) is 4.11. The lowest BCUT2D eigenvalue weighted by Gasteiger charge is -2.14. The Morgan fingerprint density at radius 2 is 1.95 bits per heavy atom. The second kappa shape index (κ2) is 13.4. The first-order valence-electron chi connectivity index (χ1n) is 13.1. The number of methoxy groups -OCH3 is 1. The molecule has 9 nitrogen and oxygen atoms in total. The number of carbonyl (C=O) groups is 1. The third-order valence-corrected chi connectivity index (χ3v) is 6.22. The summed E-state index contributed by atoms with van der Waals surface area (Å²) in [4.78, 5) is 20.8. The van der Waals surface area contributed by atoms with Gasteiger partial charge in [0, 0.05) is 48.0 Å². The van der Waals surface area contributed by atoms with Crippen LogP contribution in [0.25, 0.3) is 16.9 Å². The van der Waals surface area contributed by atoms with Crippen LogP contribution < -0.4 is 20.7 Å². The molecule has 0 saturated heterocycles. The van der Waals surface area contributed by atoms with Gasteiger partial charge >= 0.3 is 0 Å². The Morgan fingerprint density at radius 1 is 1.13 bits per heavy atom. The predicted molar refractivity (Wildman–Crippen MR) is 156 cm³/mol. The van der Waals surface area contributed by atoms with E-state index in [1.54, 1.807) is 13.3 Å². The molecule has 0 spiro atoms. The number of amides is 1. The minimum atomic E-state index is 0.0681. The number of fused-ring (bicyclic) bond motifs is 1. The number of carbonyl (C=O) groups excluding carboxylic acids is 1. The highest BCUT2D eigenvalue weighted by Gasteiger charge is 2.12. The van der Waals surface area contributed by atoms with Gasteiger partial charge in [0.25, 0.3) is 0 Å². The number of benzene rings is 2. The van der Waals surface area contributed by atoms with Gasteiger partial charge < -0.3 is 25.4 Å². The maximum atomic E-state index is 11.7. The lowest BCUT2D eigenvalue weighted by molar-refractivity contribution is -0.121. The Hall–Kier alpha value is -4.37. The van der Waals surface area contributed by atoms with E-state index in [0.717, 1.165) is 58.1 Å². The summed E-state index contributed by atoms with van der Waals surface area (Å²) in [7, 11) is 1.66. The normalized spacial score (nSPS) is 10.8. The Morgan fingerprint density at radius 3 is 2.69 bits per heavy atom. The summed E-state index contributed by atoms with van der Waals surface area (Å²) < 4.78 is 12.9. The van der Waals surface area contributed by atoms with E-state index in [1.807, 2.05) is 66.2 Å². The van der Waals surface area contributed by atoms with Crippen molar-refractivity contribution in [2.24, 2.45) is 0 Å². The molecule has 0 bridgehead atoms. The van der Waals surface area contributed by atoms with Crippen LogP contribution in [0.15, 0.2) is 73.3 Å². The Bertz CT molecular complexity index is 1410. The fraction of sp³-hybridized carbons (Fsp3) is 0.300. The van der Waals surface area contributed by atoms with E-state index >= 15 is 0 Å². The molecule has 4 aromatic rings. The largest absolute Gasteiger partial charge is 0.497 e. The molecule has 4 rings (SSSR count). The van der Waals surface area contributed by atoms with Crippen molar-refractivity contribution < 1.29 is 14.3 Å². The maximum Gasteiger partial charge on any atom is 0.220 e. The average molecular weight is 529 g/mol. The van der Waals surface area contributed by atoms with E-state index in [2.05, 4.69) is 39.4 Å². The summed E-state index contributed by atoms with van der Waals surface area (Å²) in [5.41, 5.74) is 6.35. The van der Waals surface area contributed by atoms with Gasteiger partial charge in [-0.2, -0.15) is 0 Å². The Kier molecular flexibility index (Phi) is 9.53. The Balaban J connectivity index is 1.33. The molecule has 2 aromatic heterocycles. The smallest absolute Gasteiger partial charge is 0.220 e. The van der Waals surface area contributed by atoms with Gasteiger partial charge in [0.1, 0.15) is 5.75 Å². The predicted octanol–water partition coefficient (Wildman–Crippen LogP) is 5.71. The average Bonchev–Trinajstić information content (AvgIpc) is 3.38. The van der Waals surface area contributed by atoms with Gasteiger partial charge in [-0.1, -0.05) is 19.9 Å². The first-order chi connectivity index (χ1) is 19.0. The Labute approximate surface area is 229 Å². The molecular weight excluding hydrogens is 492 g/mol. The van der Waals surface area contributed by atoms with Crippen LogP contribution in [-0.2, 0) is 9.53 Å². The van der Waals surface area contributed by atoms with Crippen LogP contribution in [0.2, 0.25) is 0 Å². The number of aromatic nitrogens is 3. The summed E-state index contributed by atoms with van der Waals surface area (Å²) >= 11 is 0. The van der Waals surface area contributed by atoms with Gasteiger partial charge in [0.15, 0.2) is 11.5 Å². The molecule has 39 heavy (non-hydrogen) atoms. The number of ether oxygens (including phenoxy) is 2. The molecule has 0 radical (unpaired) electrons. The molecule has 0 unspecified atom stereocenters. The third kappa shape index (κ3) is 7.36. The van der Waals surface area contributed by atoms with Gasteiger partial charge in [-0.3, -0.25) is 9.20 Å². The molecule has 204 valence electrons. The second-order valence-electron chi connectivity index (χ2n) is 9.23. The molecule has 3 N–H and O–H groups in total. The second-order valence-corrected chi connectivity index (χ2v) is 9.23. The van der Waals surface area contributed by atoms with Crippen molar-refractivity contribution in [3.05, 3.63) is 78.9 Å². The molecule has 9 heteroatoms. The number of anilines is 3. The SMILES string of the molecule is C=C(COCCNC(=O)CCCC)Nc1ccc(Nc2nccn3c(-c4ccc(OC)cc4)cnc23)cc1C. The van der Waals surface area contributed by atoms with Gasteiger partial charge in [0.05, 0.1) is 32.2 Å². The van der Waals surface area contributed by atoms with E-state index in [4.69, 9.17) is 9.47 Å². The number of imidazole rings is 1. The number of unbranched alkanes of at least 4 members (excludes halogenated alkanes) is 1. The fourth-order valence-electron chi connectivity index (χ4n) is 4.11. The molecule has 2 heterocycles. The minimum absolute atomic E-state index is 0.0681. The molecule has 2 aromatic carbocycles. The molecule has 0 aliphatic rings. The lowest BCUT2D eigenvalue weighted by Crippen LogP contribution is -2.27. The molecule has 1 amide bonds. The highest BCUT2D eigenvalue weighted by molar-refractivity contribution is 5.76. The van der Waals surface area contributed by atoms with Crippen LogP contribution in [0.3, 0.4) is 0 Å².